The number of aryl methyl sites for hydroxylation is 2. The molecule has 2 amide bonds. The van der Waals surface area contributed by atoms with Crippen molar-refractivity contribution < 1.29 is 28.7 Å². The number of rotatable bonds is 11. The molecule has 0 atom stereocenters. The first-order valence-electron chi connectivity index (χ1n) is 10.9. The highest BCUT2D eigenvalue weighted by Gasteiger charge is 2.12. The van der Waals surface area contributed by atoms with Crippen LogP contribution in [-0.4, -0.2) is 37.0 Å². The van der Waals surface area contributed by atoms with Gasteiger partial charge in [-0.05, 0) is 67.8 Å². The first-order valence-corrected chi connectivity index (χ1v) is 10.9. The van der Waals surface area contributed by atoms with Gasteiger partial charge >= 0.3 is 11.9 Å². The topological polar surface area (TPSA) is 111 Å². The zero-order valence-corrected chi connectivity index (χ0v) is 19.2. The van der Waals surface area contributed by atoms with Crippen LogP contribution in [0, 0.1) is 13.8 Å². The lowest BCUT2D eigenvalue weighted by Gasteiger charge is -2.09. The number of hydrogen-bond acceptors (Lipinski definition) is 6. The Hall–Kier alpha value is -3.68. The number of nitrogens with one attached hydrogen (secondary N) is 2. The van der Waals surface area contributed by atoms with Gasteiger partial charge in [-0.2, -0.15) is 0 Å². The fourth-order valence-corrected chi connectivity index (χ4v) is 2.76. The predicted molar refractivity (Wildman–Crippen MR) is 125 cm³/mol. The second kappa shape index (κ2) is 13.0. The van der Waals surface area contributed by atoms with Crippen LogP contribution in [0.5, 0.6) is 0 Å². The average Bonchev–Trinajstić information content (AvgIpc) is 2.79. The smallest absolute Gasteiger partial charge is 0.338 e. The summed E-state index contributed by atoms with van der Waals surface area (Å²) in [4.78, 5) is 47.7. The lowest BCUT2D eigenvalue weighted by atomic mass is 10.1. The van der Waals surface area contributed by atoms with Crippen molar-refractivity contribution in [1.82, 2.24) is 0 Å². The monoisotopic (exact) mass is 454 g/mol. The van der Waals surface area contributed by atoms with Crippen LogP contribution >= 0.6 is 0 Å². The Balaban J connectivity index is 1.69. The van der Waals surface area contributed by atoms with Gasteiger partial charge in [0.2, 0.25) is 5.91 Å². The molecule has 2 N–H and O–H groups in total. The Morgan fingerprint density at radius 2 is 1.45 bits per heavy atom. The van der Waals surface area contributed by atoms with Gasteiger partial charge in [0.05, 0.1) is 18.6 Å². The minimum absolute atomic E-state index is 0.0988. The highest BCUT2D eigenvalue weighted by molar-refractivity contribution is 5.95. The van der Waals surface area contributed by atoms with E-state index in [2.05, 4.69) is 10.6 Å². The molecule has 2 aromatic rings. The van der Waals surface area contributed by atoms with E-state index in [0.717, 1.165) is 24.0 Å². The molecule has 0 spiro atoms. The van der Waals surface area contributed by atoms with Crippen molar-refractivity contribution >= 4 is 35.1 Å². The molecule has 0 radical (unpaired) electrons. The number of ether oxygens (including phenoxy) is 2. The second-order valence-electron chi connectivity index (χ2n) is 7.62. The molecule has 0 saturated heterocycles. The van der Waals surface area contributed by atoms with Gasteiger partial charge in [0, 0.05) is 17.8 Å². The second-order valence-corrected chi connectivity index (χ2v) is 7.62. The molecule has 0 saturated carbocycles. The third-order valence-corrected chi connectivity index (χ3v) is 4.85. The van der Waals surface area contributed by atoms with Crippen LogP contribution in [0.4, 0.5) is 11.4 Å². The van der Waals surface area contributed by atoms with Gasteiger partial charge in [-0.1, -0.05) is 19.4 Å². The van der Waals surface area contributed by atoms with Gasteiger partial charge in [0.15, 0.2) is 6.61 Å². The lowest BCUT2D eigenvalue weighted by molar-refractivity contribution is -0.147. The Kier molecular flexibility index (Phi) is 10.1. The molecule has 0 aliphatic rings. The van der Waals surface area contributed by atoms with Crippen molar-refractivity contribution in [3.63, 3.8) is 0 Å². The minimum Gasteiger partial charge on any atom is -0.462 e. The summed E-state index contributed by atoms with van der Waals surface area (Å²) in [6.07, 6.45) is 1.48. The van der Waals surface area contributed by atoms with E-state index < -0.39 is 24.5 Å². The van der Waals surface area contributed by atoms with Crippen LogP contribution < -0.4 is 10.6 Å². The summed E-state index contributed by atoms with van der Waals surface area (Å²) in [6, 6.07) is 11.8. The van der Waals surface area contributed by atoms with Crippen molar-refractivity contribution in [2.75, 3.05) is 23.8 Å². The lowest BCUT2D eigenvalue weighted by Crippen LogP contribution is -2.21. The van der Waals surface area contributed by atoms with Gasteiger partial charge in [-0.3, -0.25) is 14.4 Å². The molecule has 0 heterocycles. The number of benzene rings is 2. The molecule has 8 heteroatoms. The van der Waals surface area contributed by atoms with Gasteiger partial charge in [0.25, 0.3) is 5.91 Å². The molecular formula is C25H30N2O6. The van der Waals surface area contributed by atoms with Crippen molar-refractivity contribution in [3.05, 3.63) is 59.2 Å². The summed E-state index contributed by atoms with van der Waals surface area (Å²) < 4.78 is 10.1. The molecule has 0 aromatic heterocycles. The van der Waals surface area contributed by atoms with E-state index in [9.17, 15) is 19.2 Å². The number of esters is 2. The van der Waals surface area contributed by atoms with Gasteiger partial charge in [0.1, 0.15) is 0 Å². The number of hydrogen-bond donors (Lipinski definition) is 2. The largest absolute Gasteiger partial charge is 0.462 e. The minimum atomic E-state index is -0.648. The Bertz CT molecular complexity index is 985. The van der Waals surface area contributed by atoms with E-state index in [-0.39, 0.29) is 18.7 Å². The first kappa shape index (κ1) is 25.6. The maximum atomic E-state index is 12.1. The normalized spacial score (nSPS) is 10.3. The van der Waals surface area contributed by atoms with Crippen molar-refractivity contribution in [2.24, 2.45) is 0 Å². The summed E-state index contributed by atoms with van der Waals surface area (Å²) >= 11 is 0. The summed E-state index contributed by atoms with van der Waals surface area (Å²) in [5.74, 6) is -1.90. The first-order chi connectivity index (χ1) is 15.8. The molecule has 33 heavy (non-hydrogen) atoms. The molecule has 0 unspecified atom stereocenters. The molecule has 2 aromatic carbocycles. The summed E-state index contributed by atoms with van der Waals surface area (Å²) in [6.45, 7) is 5.86. The van der Waals surface area contributed by atoms with E-state index in [1.165, 1.54) is 0 Å². The number of anilines is 2. The van der Waals surface area contributed by atoms with Gasteiger partial charge < -0.3 is 20.1 Å². The SMILES string of the molecule is CCCCOC(=O)c1ccc(NC(=O)CCC(=O)OCC(=O)Nc2ccc(C)c(C)c2)cc1. The molecule has 0 aliphatic carbocycles. The third kappa shape index (κ3) is 9.14. The Labute approximate surface area is 193 Å². The van der Waals surface area contributed by atoms with Crippen LogP contribution in [0.1, 0.15) is 54.1 Å². The third-order valence-electron chi connectivity index (χ3n) is 4.85. The highest BCUT2D eigenvalue weighted by atomic mass is 16.5. The Morgan fingerprint density at radius 3 is 2.12 bits per heavy atom. The van der Waals surface area contributed by atoms with E-state index in [1.807, 2.05) is 32.9 Å². The maximum absolute atomic E-state index is 12.1. The van der Waals surface area contributed by atoms with Crippen LogP contribution in [-0.2, 0) is 23.9 Å². The maximum Gasteiger partial charge on any atom is 0.338 e. The zero-order valence-electron chi connectivity index (χ0n) is 19.2. The molecule has 176 valence electrons. The number of carbonyl (C=O) groups is 4. The van der Waals surface area contributed by atoms with E-state index in [4.69, 9.17) is 9.47 Å². The number of amides is 2. The molecule has 0 fully saturated rings. The predicted octanol–water partition coefficient (Wildman–Crippen LogP) is 4.16. The van der Waals surface area contributed by atoms with Crippen LogP contribution in [0.3, 0.4) is 0 Å². The summed E-state index contributed by atoms with van der Waals surface area (Å²) in [5, 5.41) is 5.31. The average molecular weight is 455 g/mol. The molecule has 2 rings (SSSR count). The number of unbranched alkanes of at least 4 members (excludes halogenated alkanes) is 1. The van der Waals surface area contributed by atoms with Crippen molar-refractivity contribution in [3.8, 4) is 0 Å². The van der Waals surface area contributed by atoms with Crippen LogP contribution in [0.15, 0.2) is 42.5 Å². The standard InChI is InChI=1S/C25H30N2O6/c1-4-5-14-32-25(31)19-7-10-20(11-8-19)26-22(28)12-13-24(30)33-16-23(29)27-21-9-6-17(2)18(3)15-21/h6-11,15H,4-5,12-14,16H2,1-3H3,(H,26,28)(H,27,29). The van der Waals surface area contributed by atoms with E-state index in [1.54, 1.807) is 30.3 Å². The molecule has 0 bridgehead atoms. The van der Waals surface area contributed by atoms with Crippen LogP contribution in [0.25, 0.3) is 0 Å². The number of carbonyl (C=O) groups excluding carboxylic acids is 4. The Morgan fingerprint density at radius 1 is 0.788 bits per heavy atom. The van der Waals surface area contributed by atoms with Crippen molar-refractivity contribution in [2.45, 2.75) is 46.5 Å². The molecule has 8 nitrogen and oxygen atoms in total. The van der Waals surface area contributed by atoms with Crippen LogP contribution in [0.2, 0.25) is 0 Å². The van der Waals surface area contributed by atoms with E-state index >= 15 is 0 Å². The van der Waals surface area contributed by atoms with Crippen molar-refractivity contribution in [1.29, 1.82) is 0 Å². The zero-order chi connectivity index (χ0) is 24.2. The quantitative estimate of drug-likeness (QED) is 0.390. The summed E-state index contributed by atoms with van der Waals surface area (Å²) in [5.41, 5.74) is 3.66. The van der Waals surface area contributed by atoms with Gasteiger partial charge in [-0.25, -0.2) is 4.79 Å². The highest BCUT2D eigenvalue weighted by Crippen LogP contribution is 2.14. The van der Waals surface area contributed by atoms with Gasteiger partial charge in [-0.15, -0.1) is 0 Å². The summed E-state index contributed by atoms with van der Waals surface area (Å²) in [7, 11) is 0. The molecular weight excluding hydrogens is 424 g/mol. The fraction of sp³-hybridized carbons (Fsp3) is 0.360. The molecule has 0 aliphatic heterocycles. The van der Waals surface area contributed by atoms with E-state index in [0.29, 0.717) is 23.5 Å². The fourth-order valence-electron chi connectivity index (χ4n) is 2.76.